The SMILES string of the molecule is CCN(CC)c1nc2sc(C(=O)NNC(=O)c3nn(C(C)C)c(=O)c4ccccc34)cc2s1. The number of hydrogen-bond donors (Lipinski definition) is 2. The van der Waals surface area contributed by atoms with Crippen molar-refractivity contribution in [3.8, 4) is 0 Å². The summed E-state index contributed by atoms with van der Waals surface area (Å²) in [5.41, 5.74) is 4.67. The maximum absolute atomic E-state index is 12.9. The summed E-state index contributed by atoms with van der Waals surface area (Å²) in [6.07, 6.45) is 0. The molecule has 0 aliphatic heterocycles. The van der Waals surface area contributed by atoms with E-state index in [0.29, 0.717) is 15.6 Å². The highest BCUT2D eigenvalue weighted by molar-refractivity contribution is 7.29. The van der Waals surface area contributed by atoms with E-state index in [2.05, 4.69) is 39.7 Å². The molecule has 2 N–H and O–H groups in total. The molecule has 0 bridgehead atoms. The molecule has 11 heteroatoms. The molecule has 9 nitrogen and oxygen atoms in total. The summed E-state index contributed by atoms with van der Waals surface area (Å²) in [7, 11) is 0. The molecule has 4 aromatic rings. The molecule has 1 aromatic carbocycles. The van der Waals surface area contributed by atoms with Crippen LogP contribution in [0.25, 0.3) is 20.3 Å². The van der Waals surface area contributed by atoms with Crippen LogP contribution < -0.4 is 21.3 Å². The number of nitrogens with zero attached hydrogens (tertiary/aromatic N) is 4. The fourth-order valence-electron chi connectivity index (χ4n) is 3.42. The van der Waals surface area contributed by atoms with E-state index in [1.807, 2.05) is 13.8 Å². The lowest BCUT2D eigenvalue weighted by Gasteiger charge is -2.16. The number of carbonyl (C=O) groups is 2. The van der Waals surface area contributed by atoms with Crippen molar-refractivity contribution in [1.29, 1.82) is 0 Å². The molecule has 0 spiro atoms. The average Bonchev–Trinajstić information content (AvgIpc) is 3.38. The average molecular weight is 485 g/mol. The first-order valence-electron chi connectivity index (χ1n) is 10.6. The molecule has 2 amide bonds. The Morgan fingerprint density at radius 1 is 1.06 bits per heavy atom. The highest BCUT2D eigenvalue weighted by Crippen LogP contribution is 2.34. The van der Waals surface area contributed by atoms with Gasteiger partial charge in [0.25, 0.3) is 17.4 Å². The Bertz CT molecular complexity index is 1370. The third-order valence-corrected chi connectivity index (χ3v) is 7.38. The van der Waals surface area contributed by atoms with Crippen molar-refractivity contribution >= 4 is 59.9 Å². The third kappa shape index (κ3) is 4.33. The van der Waals surface area contributed by atoms with Gasteiger partial charge in [0.15, 0.2) is 10.8 Å². The quantitative estimate of drug-likeness (QED) is 0.405. The highest BCUT2D eigenvalue weighted by Gasteiger charge is 2.20. The van der Waals surface area contributed by atoms with Gasteiger partial charge in [-0.1, -0.05) is 29.5 Å². The van der Waals surface area contributed by atoms with Gasteiger partial charge in [0.05, 0.1) is 21.0 Å². The monoisotopic (exact) mass is 484 g/mol. The summed E-state index contributed by atoms with van der Waals surface area (Å²) in [4.78, 5) is 46.2. The number of aromatic nitrogens is 3. The van der Waals surface area contributed by atoms with Crippen LogP contribution in [0.3, 0.4) is 0 Å². The molecule has 33 heavy (non-hydrogen) atoms. The molecule has 0 saturated heterocycles. The number of thiazole rings is 1. The number of hydrogen-bond acceptors (Lipinski definition) is 8. The van der Waals surface area contributed by atoms with Crippen LogP contribution in [0.2, 0.25) is 0 Å². The normalized spacial score (nSPS) is 11.3. The minimum absolute atomic E-state index is 0.0666. The Morgan fingerprint density at radius 3 is 2.36 bits per heavy atom. The van der Waals surface area contributed by atoms with Crippen LogP contribution in [-0.4, -0.2) is 39.7 Å². The Kier molecular flexibility index (Phi) is 6.43. The molecule has 3 aromatic heterocycles. The second-order valence-electron chi connectivity index (χ2n) is 7.59. The summed E-state index contributed by atoms with van der Waals surface area (Å²) in [5.74, 6) is -1.04. The van der Waals surface area contributed by atoms with E-state index in [1.165, 1.54) is 27.4 Å². The van der Waals surface area contributed by atoms with Crippen molar-refractivity contribution in [1.82, 2.24) is 25.6 Å². The summed E-state index contributed by atoms with van der Waals surface area (Å²) in [6, 6.07) is 8.34. The number of benzene rings is 1. The largest absolute Gasteiger partial charge is 0.349 e. The van der Waals surface area contributed by atoms with Crippen LogP contribution in [0.5, 0.6) is 0 Å². The van der Waals surface area contributed by atoms with E-state index in [1.54, 1.807) is 30.3 Å². The first kappa shape index (κ1) is 22.9. The fourth-order valence-corrected chi connectivity index (χ4v) is 5.66. The summed E-state index contributed by atoms with van der Waals surface area (Å²) < 4.78 is 2.20. The number of hydrazine groups is 1. The molecule has 0 fully saturated rings. The van der Waals surface area contributed by atoms with Crippen molar-refractivity contribution in [3.05, 3.63) is 51.3 Å². The van der Waals surface area contributed by atoms with E-state index < -0.39 is 11.8 Å². The topological polar surface area (TPSA) is 109 Å². The molecule has 0 atom stereocenters. The van der Waals surface area contributed by atoms with Gasteiger partial charge in [0.1, 0.15) is 4.83 Å². The van der Waals surface area contributed by atoms with E-state index in [-0.39, 0.29) is 17.3 Å². The van der Waals surface area contributed by atoms with Gasteiger partial charge in [-0.2, -0.15) is 5.10 Å². The number of nitrogens with one attached hydrogen (secondary N) is 2. The van der Waals surface area contributed by atoms with Gasteiger partial charge >= 0.3 is 0 Å². The summed E-state index contributed by atoms with van der Waals surface area (Å²) >= 11 is 2.81. The lowest BCUT2D eigenvalue weighted by molar-refractivity contribution is 0.0845. The van der Waals surface area contributed by atoms with Crippen molar-refractivity contribution in [2.24, 2.45) is 0 Å². The van der Waals surface area contributed by atoms with Crippen molar-refractivity contribution in [2.75, 3.05) is 18.0 Å². The minimum Gasteiger partial charge on any atom is -0.349 e. The Hall–Kier alpha value is -3.31. The lowest BCUT2D eigenvalue weighted by atomic mass is 10.1. The van der Waals surface area contributed by atoms with Crippen molar-refractivity contribution in [2.45, 2.75) is 33.7 Å². The number of amides is 2. The third-order valence-electron chi connectivity index (χ3n) is 5.16. The zero-order valence-corrected chi connectivity index (χ0v) is 20.3. The second kappa shape index (κ2) is 9.28. The van der Waals surface area contributed by atoms with Crippen LogP contribution in [-0.2, 0) is 0 Å². The number of thiophene rings is 1. The van der Waals surface area contributed by atoms with Gasteiger partial charge in [-0.05, 0) is 39.8 Å². The number of rotatable bonds is 6. The van der Waals surface area contributed by atoms with Crippen LogP contribution >= 0.6 is 22.7 Å². The van der Waals surface area contributed by atoms with Crippen LogP contribution in [0, 0.1) is 0 Å². The molecular weight excluding hydrogens is 460 g/mol. The molecule has 172 valence electrons. The van der Waals surface area contributed by atoms with Gasteiger partial charge in [0.2, 0.25) is 0 Å². The smallest absolute Gasteiger partial charge is 0.290 e. The van der Waals surface area contributed by atoms with Gasteiger partial charge in [-0.25, -0.2) is 9.67 Å². The zero-order valence-electron chi connectivity index (χ0n) is 18.7. The Balaban J connectivity index is 1.54. The second-order valence-corrected chi connectivity index (χ2v) is 9.63. The standard InChI is InChI=1S/C22H24N6O3S2/c1-5-27(6-2)22-23-20-16(33-22)11-15(32-20)18(29)24-25-19(30)17-13-9-7-8-10-14(13)21(31)28(26-17)12(3)4/h7-12H,5-6H2,1-4H3,(H,24,29)(H,25,30). The lowest BCUT2D eigenvalue weighted by Crippen LogP contribution is -2.42. The highest BCUT2D eigenvalue weighted by atomic mass is 32.1. The maximum Gasteiger partial charge on any atom is 0.290 e. The van der Waals surface area contributed by atoms with Gasteiger partial charge < -0.3 is 4.90 Å². The van der Waals surface area contributed by atoms with Gasteiger partial charge in [-0.3, -0.25) is 25.2 Å². The molecule has 0 saturated carbocycles. The minimum atomic E-state index is -0.603. The number of anilines is 1. The van der Waals surface area contributed by atoms with Crippen molar-refractivity contribution < 1.29 is 9.59 Å². The summed E-state index contributed by atoms with van der Waals surface area (Å²) in [5, 5.41) is 6.00. The van der Waals surface area contributed by atoms with Gasteiger partial charge in [0, 0.05) is 18.5 Å². The van der Waals surface area contributed by atoms with Crippen LogP contribution in [0.15, 0.2) is 35.1 Å². The van der Waals surface area contributed by atoms with Crippen LogP contribution in [0.1, 0.15) is 53.9 Å². The Labute approximate surface area is 198 Å². The molecule has 3 heterocycles. The van der Waals surface area contributed by atoms with Crippen LogP contribution in [0.4, 0.5) is 5.13 Å². The van der Waals surface area contributed by atoms with E-state index >= 15 is 0 Å². The number of carbonyl (C=O) groups excluding carboxylic acids is 2. The summed E-state index contributed by atoms with van der Waals surface area (Å²) in [6.45, 7) is 9.51. The van der Waals surface area contributed by atoms with Gasteiger partial charge in [-0.15, -0.1) is 11.3 Å². The fraction of sp³-hybridized carbons (Fsp3) is 0.318. The van der Waals surface area contributed by atoms with E-state index in [0.717, 1.165) is 27.8 Å². The Morgan fingerprint density at radius 2 is 1.73 bits per heavy atom. The maximum atomic E-state index is 12.9. The molecule has 0 aliphatic carbocycles. The molecule has 0 radical (unpaired) electrons. The molecule has 0 aliphatic rings. The van der Waals surface area contributed by atoms with E-state index in [4.69, 9.17) is 0 Å². The first-order chi connectivity index (χ1) is 15.8. The zero-order chi connectivity index (χ0) is 23.7. The first-order valence-corrected chi connectivity index (χ1v) is 12.2. The number of fused-ring (bicyclic) bond motifs is 2. The van der Waals surface area contributed by atoms with E-state index in [9.17, 15) is 14.4 Å². The predicted molar refractivity (Wildman–Crippen MR) is 132 cm³/mol. The molecule has 0 unspecified atom stereocenters. The molecule has 4 rings (SSSR count). The van der Waals surface area contributed by atoms with Crippen molar-refractivity contribution in [3.63, 3.8) is 0 Å². The molecular formula is C22H24N6O3S2. The predicted octanol–water partition coefficient (Wildman–Crippen LogP) is 3.57.